The van der Waals surface area contributed by atoms with Gasteiger partial charge in [0.2, 0.25) is 10.0 Å². The van der Waals surface area contributed by atoms with Gasteiger partial charge in [0.15, 0.2) is 5.82 Å². The predicted octanol–water partition coefficient (Wildman–Crippen LogP) is -0.385. The van der Waals surface area contributed by atoms with Gasteiger partial charge in [0.25, 0.3) is 6.43 Å². The van der Waals surface area contributed by atoms with E-state index < -0.39 is 36.1 Å². The lowest BCUT2D eigenvalue weighted by molar-refractivity contribution is 0.113. The first-order chi connectivity index (χ1) is 8.93. The van der Waals surface area contributed by atoms with E-state index in [9.17, 15) is 17.2 Å². The van der Waals surface area contributed by atoms with Gasteiger partial charge in [-0.1, -0.05) is 0 Å². The van der Waals surface area contributed by atoms with Crippen LogP contribution in [-0.4, -0.2) is 48.9 Å². The van der Waals surface area contributed by atoms with Gasteiger partial charge in [-0.25, -0.2) is 28.0 Å². The lowest BCUT2D eigenvalue weighted by atomic mass is 10.5. The highest BCUT2D eigenvalue weighted by atomic mass is 32.2. The molecule has 0 saturated carbocycles. The molecule has 1 aromatic heterocycles. The fraction of sp³-hybridized carbons (Fsp3) is 0.444. The molecule has 0 amide bonds. The first-order valence-corrected chi connectivity index (χ1v) is 6.68. The third-order valence-corrected chi connectivity index (χ3v) is 4.11. The van der Waals surface area contributed by atoms with Crippen molar-refractivity contribution in [2.45, 2.75) is 11.3 Å². The Labute approximate surface area is 109 Å². The second-order valence-electron chi connectivity index (χ2n) is 3.47. The largest absolute Gasteiger partial charge is 0.395 e. The van der Waals surface area contributed by atoms with Crippen LogP contribution in [0.1, 0.15) is 0 Å². The number of pyridine rings is 1. The van der Waals surface area contributed by atoms with Gasteiger partial charge in [-0.3, -0.25) is 0 Å². The van der Waals surface area contributed by atoms with Gasteiger partial charge >= 0.3 is 0 Å². The summed E-state index contributed by atoms with van der Waals surface area (Å²) in [5.41, 5.74) is 2.09. The molecule has 0 bridgehead atoms. The van der Waals surface area contributed by atoms with E-state index in [0.29, 0.717) is 4.31 Å². The van der Waals surface area contributed by atoms with Gasteiger partial charge in [0, 0.05) is 12.7 Å². The monoisotopic (exact) mass is 296 g/mol. The summed E-state index contributed by atoms with van der Waals surface area (Å²) in [6.07, 6.45) is -1.55. The number of hydrogen-bond donors (Lipinski definition) is 3. The normalized spacial score (nSPS) is 12.1. The number of rotatable bonds is 7. The SMILES string of the molecule is NNc1ncccc1S(=O)(=O)N(CCO)CC(F)F. The van der Waals surface area contributed by atoms with Crippen LogP contribution < -0.4 is 11.3 Å². The second-order valence-corrected chi connectivity index (χ2v) is 5.38. The van der Waals surface area contributed by atoms with Crippen LogP contribution in [-0.2, 0) is 10.0 Å². The van der Waals surface area contributed by atoms with Crippen LogP contribution in [0.2, 0.25) is 0 Å². The van der Waals surface area contributed by atoms with Crippen LogP contribution in [0.4, 0.5) is 14.6 Å². The molecule has 0 aliphatic rings. The van der Waals surface area contributed by atoms with Crippen LogP contribution in [0.25, 0.3) is 0 Å². The summed E-state index contributed by atoms with van der Waals surface area (Å²) in [6.45, 7) is -2.02. The van der Waals surface area contributed by atoms with Gasteiger partial charge in [0.05, 0.1) is 13.2 Å². The molecule has 1 heterocycles. The van der Waals surface area contributed by atoms with Crippen molar-refractivity contribution in [3.05, 3.63) is 18.3 Å². The zero-order chi connectivity index (χ0) is 14.5. The molecule has 0 aromatic carbocycles. The van der Waals surface area contributed by atoms with E-state index in [1.807, 2.05) is 0 Å². The maximum Gasteiger partial charge on any atom is 0.252 e. The van der Waals surface area contributed by atoms with Crippen molar-refractivity contribution in [1.82, 2.24) is 9.29 Å². The Morgan fingerprint density at radius 3 is 2.74 bits per heavy atom. The highest BCUT2D eigenvalue weighted by molar-refractivity contribution is 7.89. The number of nitrogen functional groups attached to an aromatic ring is 1. The molecular weight excluding hydrogens is 282 g/mol. The lowest BCUT2D eigenvalue weighted by Gasteiger charge is -2.21. The summed E-state index contributed by atoms with van der Waals surface area (Å²) >= 11 is 0. The van der Waals surface area contributed by atoms with E-state index in [2.05, 4.69) is 10.4 Å². The maximum absolute atomic E-state index is 12.4. The summed E-state index contributed by atoms with van der Waals surface area (Å²) in [4.78, 5) is 3.37. The molecule has 0 radical (unpaired) electrons. The smallest absolute Gasteiger partial charge is 0.252 e. The zero-order valence-electron chi connectivity index (χ0n) is 9.83. The molecule has 0 atom stereocenters. The molecule has 0 aliphatic carbocycles. The van der Waals surface area contributed by atoms with Crippen molar-refractivity contribution in [1.29, 1.82) is 0 Å². The number of nitrogens with two attached hydrogens (primary N) is 1. The second kappa shape index (κ2) is 6.70. The lowest BCUT2D eigenvalue weighted by Crippen LogP contribution is -2.37. The molecule has 108 valence electrons. The molecule has 7 nitrogen and oxygen atoms in total. The van der Waals surface area contributed by atoms with Crippen molar-refractivity contribution in [3.63, 3.8) is 0 Å². The minimum Gasteiger partial charge on any atom is -0.395 e. The summed E-state index contributed by atoms with van der Waals surface area (Å²) in [5.74, 6) is 4.98. The number of aliphatic hydroxyl groups is 1. The zero-order valence-corrected chi connectivity index (χ0v) is 10.6. The van der Waals surface area contributed by atoms with Crippen molar-refractivity contribution in [2.75, 3.05) is 25.1 Å². The van der Waals surface area contributed by atoms with E-state index >= 15 is 0 Å². The fourth-order valence-corrected chi connectivity index (χ4v) is 2.94. The minimum absolute atomic E-state index is 0.153. The molecule has 4 N–H and O–H groups in total. The van der Waals surface area contributed by atoms with E-state index in [1.54, 1.807) is 0 Å². The third-order valence-electron chi connectivity index (χ3n) is 2.22. The van der Waals surface area contributed by atoms with Gasteiger partial charge in [0.1, 0.15) is 4.90 Å². The number of halogens is 2. The predicted molar refractivity (Wildman–Crippen MR) is 63.9 cm³/mol. The fourth-order valence-electron chi connectivity index (χ4n) is 1.42. The van der Waals surface area contributed by atoms with Gasteiger partial charge < -0.3 is 10.5 Å². The Morgan fingerprint density at radius 2 is 2.21 bits per heavy atom. The van der Waals surface area contributed by atoms with Crippen LogP contribution in [0.3, 0.4) is 0 Å². The van der Waals surface area contributed by atoms with Gasteiger partial charge in [-0.15, -0.1) is 0 Å². The van der Waals surface area contributed by atoms with Gasteiger partial charge in [-0.05, 0) is 12.1 Å². The minimum atomic E-state index is -4.21. The molecule has 19 heavy (non-hydrogen) atoms. The maximum atomic E-state index is 12.4. The number of hydrazine groups is 1. The average molecular weight is 296 g/mol. The summed E-state index contributed by atoms with van der Waals surface area (Å²) in [6, 6.07) is 2.53. The van der Waals surface area contributed by atoms with Crippen LogP contribution in [0, 0.1) is 0 Å². The molecular formula is C9H14F2N4O3S. The standard InChI is InChI=1S/C9H14F2N4O3S/c10-8(11)6-15(4-5-16)19(17,18)7-2-1-3-13-9(7)14-12/h1-3,8,16H,4-6,12H2,(H,13,14). The number of hydrogen-bond acceptors (Lipinski definition) is 6. The molecule has 0 saturated heterocycles. The van der Waals surface area contributed by atoms with E-state index in [0.717, 1.165) is 0 Å². The van der Waals surface area contributed by atoms with Crippen LogP contribution in [0.5, 0.6) is 0 Å². The molecule has 10 heteroatoms. The van der Waals surface area contributed by atoms with E-state index in [-0.39, 0.29) is 10.7 Å². The molecule has 1 rings (SSSR count). The number of aromatic nitrogens is 1. The van der Waals surface area contributed by atoms with Crippen molar-refractivity contribution in [3.8, 4) is 0 Å². The molecule has 0 unspecified atom stereocenters. The van der Waals surface area contributed by atoms with Crippen LogP contribution >= 0.6 is 0 Å². The van der Waals surface area contributed by atoms with Crippen LogP contribution in [0.15, 0.2) is 23.2 Å². The van der Waals surface area contributed by atoms with Crippen molar-refractivity contribution in [2.24, 2.45) is 5.84 Å². The number of alkyl halides is 2. The van der Waals surface area contributed by atoms with Crippen molar-refractivity contribution >= 4 is 15.8 Å². The topological polar surface area (TPSA) is 109 Å². The highest BCUT2D eigenvalue weighted by Crippen LogP contribution is 2.22. The quantitative estimate of drug-likeness (QED) is 0.467. The highest BCUT2D eigenvalue weighted by Gasteiger charge is 2.29. The number of nitrogens with one attached hydrogen (secondary N) is 1. The Kier molecular flexibility index (Phi) is 5.54. The van der Waals surface area contributed by atoms with Crippen molar-refractivity contribution < 1.29 is 22.3 Å². The molecule has 0 fully saturated rings. The number of sulfonamides is 1. The summed E-state index contributed by atoms with van der Waals surface area (Å²) < 4.78 is 49.6. The van der Waals surface area contributed by atoms with Gasteiger partial charge in [-0.2, -0.15) is 4.31 Å². The Bertz CT molecular complexity index is 512. The number of nitrogens with zero attached hydrogens (tertiary/aromatic N) is 2. The van der Waals surface area contributed by atoms with E-state index in [4.69, 9.17) is 10.9 Å². The molecule has 1 aromatic rings. The molecule has 0 spiro atoms. The summed E-state index contributed by atoms with van der Waals surface area (Å²) in [5, 5.41) is 8.78. The van der Waals surface area contributed by atoms with E-state index in [1.165, 1.54) is 18.3 Å². The summed E-state index contributed by atoms with van der Waals surface area (Å²) in [7, 11) is -4.21. The molecule has 0 aliphatic heterocycles. The number of aliphatic hydroxyl groups excluding tert-OH is 1. The Hall–Kier alpha value is -1.36. The average Bonchev–Trinajstić information content (AvgIpc) is 2.37. The number of anilines is 1. The Morgan fingerprint density at radius 1 is 1.53 bits per heavy atom. The first kappa shape index (κ1) is 15.7. The third kappa shape index (κ3) is 3.80. The Balaban J connectivity index is 3.18. The first-order valence-electron chi connectivity index (χ1n) is 5.24.